The number of ether oxygens (including phenoxy) is 1. The minimum atomic E-state index is -0.998. The van der Waals surface area contributed by atoms with E-state index in [-0.39, 0.29) is 5.91 Å². The molecule has 0 aliphatic carbocycles. The van der Waals surface area contributed by atoms with Crippen molar-refractivity contribution in [2.45, 2.75) is 6.10 Å². The van der Waals surface area contributed by atoms with Gasteiger partial charge in [-0.25, -0.2) is 4.39 Å². The highest BCUT2D eigenvalue weighted by Crippen LogP contribution is 2.28. The van der Waals surface area contributed by atoms with Gasteiger partial charge in [0.2, 0.25) is 0 Å². The van der Waals surface area contributed by atoms with E-state index in [1.165, 1.54) is 18.2 Å². The Morgan fingerprint density at radius 2 is 2.00 bits per heavy atom. The second-order valence-corrected chi connectivity index (χ2v) is 4.82. The highest BCUT2D eigenvalue weighted by atomic mass is 19.1. The molecule has 0 saturated heterocycles. The van der Waals surface area contributed by atoms with Gasteiger partial charge in [-0.2, -0.15) is 0 Å². The van der Waals surface area contributed by atoms with Gasteiger partial charge in [0.1, 0.15) is 24.3 Å². The van der Waals surface area contributed by atoms with Crippen LogP contribution in [0.15, 0.2) is 42.5 Å². The molecule has 0 radical (unpaired) electrons. The van der Waals surface area contributed by atoms with Crippen LogP contribution in [0.25, 0.3) is 0 Å². The van der Waals surface area contributed by atoms with Crippen molar-refractivity contribution < 1.29 is 19.0 Å². The lowest BCUT2D eigenvalue weighted by atomic mass is 9.99. The average molecular weight is 287 g/mol. The van der Waals surface area contributed by atoms with Gasteiger partial charge in [-0.05, 0) is 35.4 Å². The maximum absolute atomic E-state index is 13.2. The van der Waals surface area contributed by atoms with Crippen LogP contribution in [-0.4, -0.2) is 24.2 Å². The number of carbonyl (C=O) groups is 1. The molecule has 108 valence electrons. The predicted molar refractivity (Wildman–Crippen MR) is 74.7 cm³/mol. The first kappa shape index (κ1) is 13.6. The van der Waals surface area contributed by atoms with Gasteiger partial charge in [-0.3, -0.25) is 4.79 Å². The summed E-state index contributed by atoms with van der Waals surface area (Å²) in [5, 5.41) is 13.0. The molecular weight excluding hydrogens is 273 g/mol. The number of carbonyl (C=O) groups excluding carboxylic acids is 1. The molecule has 2 N–H and O–H groups in total. The fourth-order valence-corrected chi connectivity index (χ4v) is 2.31. The molecular formula is C16H14FNO3. The molecule has 21 heavy (non-hydrogen) atoms. The van der Waals surface area contributed by atoms with Gasteiger partial charge in [0.15, 0.2) is 0 Å². The molecule has 2 aromatic carbocycles. The number of halogens is 1. The highest BCUT2D eigenvalue weighted by Gasteiger charge is 2.19. The number of fused-ring (bicyclic) bond motifs is 1. The van der Waals surface area contributed by atoms with Crippen LogP contribution in [0.3, 0.4) is 0 Å². The predicted octanol–water partition coefficient (Wildman–Crippen LogP) is 2.03. The first-order valence-electron chi connectivity index (χ1n) is 6.63. The lowest BCUT2D eigenvalue weighted by Crippen LogP contribution is -2.24. The molecule has 0 aromatic heterocycles. The van der Waals surface area contributed by atoms with Crippen LogP contribution in [0.2, 0.25) is 0 Å². The first-order chi connectivity index (χ1) is 10.1. The van der Waals surface area contributed by atoms with Gasteiger partial charge >= 0.3 is 0 Å². The summed E-state index contributed by atoms with van der Waals surface area (Å²) in [5.74, 6) is -0.168. The fourth-order valence-electron chi connectivity index (χ4n) is 2.31. The first-order valence-corrected chi connectivity index (χ1v) is 6.63. The lowest BCUT2D eigenvalue weighted by molar-refractivity contribution is 0.0957. The Bertz CT molecular complexity index is 687. The average Bonchev–Trinajstić information content (AvgIpc) is 2.68. The fraction of sp³-hybridized carbons (Fsp3) is 0.188. The third kappa shape index (κ3) is 2.73. The molecule has 1 atom stereocenters. The number of benzene rings is 2. The number of amides is 1. The maximum Gasteiger partial charge on any atom is 0.255 e. The Balaban J connectivity index is 1.98. The van der Waals surface area contributed by atoms with E-state index in [1.807, 2.05) is 0 Å². The van der Waals surface area contributed by atoms with E-state index in [9.17, 15) is 14.3 Å². The monoisotopic (exact) mass is 287 g/mol. The summed E-state index contributed by atoms with van der Waals surface area (Å²) < 4.78 is 18.7. The second-order valence-electron chi connectivity index (χ2n) is 4.82. The van der Waals surface area contributed by atoms with Crippen molar-refractivity contribution in [2.75, 3.05) is 13.2 Å². The Morgan fingerprint density at radius 1 is 1.19 bits per heavy atom. The summed E-state index contributed by atoms with van der Waals surface area (Å²) in [4.78, 5) is 11.9. The SMILES string of the molecule is O=C1NCCOc2ccc(C(O)c3cccc(F)c3)cc21. The molecule has 3 rings (SSSR count). The van der Waals surface area contributed by atoms with E-state index in [4.69, 9.17) is 4.74 Å². The molecule has 0 saturated carbocycles. The van der Waals surface area contributed by atoms with E-state index in [0.717, 1.165) is 0 Å². The maximum atomic E-state index is 13.2. The van der Waals surface area contributed by atoms with Crippen LogP contribution in [-0.2, 0) is 0 Å². The van der Waals surface area contributed by atoms with E-state index in [1.54, 1.807) is 24.3 Å². The van der Waals surface area contributed by atoms with Gasteiger partial charge in [0.05, 0.1) is 12.1 Å². The van der Waals surface area contributed by atoms with Crippen molar-refractivity contribution in [3.8, 4) is 5.75 Å². The van der Waals surface area contributed by atoms with Crippen molar-refractivity contribution in [2.24, 2.45) is 0 Å². The Morgan fingerprint density at radius 3 is 2.81 bits per heavy atom. The summed E-state index contributed by atoms with van der Waals surface area (Å²) in [6.07, 6.45) is -0.998. The van der Waals surface area contributed by atoms with Crippen molar-refractivity contribution in [3.63, 3.8) is 0 Å². The number of hydrogen-bond acceptors (Lipinski definition) is 3. The van der Waals surface area contributed by atoms with Crippen LogP contribution in [0.5, 0.6) is 5.75 Å². The zero-order chi connectivity index (χ0) is 14.8. The standard InChI is InChI=1S/C16H14FNO3/c17-12-3-1-2-10(8-12)15(19)11-4-5-14-13(9-11)16(20)18-6-7-21-14/h1-5,8-9,15,19H,6-7H2,(H,18,20). The van der Waals surface area contributed by atoms with Crippen molar-refractivity contribution in [3.05, 3.63) is 65.0 Å². The Labute approximate surface area is 121 Å². The third-order valence-electron chi connectivity index (χ3n) is 3.37. The molecule has 0 spiro atoms. The molecule has 4 nitrogen and oxygen atoms in total. The number of hydrogen-bond donors (Lipinski definition) is 2. The molecule has 0 fully saturated rings. The second kappa shape index (κ2) is 5.54. The molecule has 1 heterocycles. The number of aliphatic hydroxyl groups excluding tert-OH is 1. The smallest absolute Gasteiger partial charge is 0.255 e. The van der Waals surface area contributed by atoms with Crippen LogP contribution in [0.4, 0.5) is 4.39 Å². The van der Waals surface area contributed by atoms with Gasteiger partial charge in [-0.15, -0.1) is 0 Å². The Hall–Kier alpha value is -2.40. The van der Waals surface area contributed by atoms with Crippen molar-refractivity contribution >= 4 is 5.91 Å². The summed E-state index contributed by atoms with van der Waals surface area (Å²) in [6, 6.07) is 10.7. The number of nitrogens with one attached hydrogen (secondary N) is 1. The van der Waals surface area contributed by atoms with Crippen molar-refractivity contribution in [1.29, 1.82) is 0 Å². The molecule has 1 amide bonds. The summed E-state index contributed by atoms with van der Waals surface area (Å²) >= 11 is 0. The summed E-state index contributed by atoms with van der Waals surface area (Å²) in [5.41, 5.74) is 1.32. The summed E-state index contributed by atoms with van der Waals surface area (Å²) in [7, 11) is 0. The van der Waals surface area contributed by atoms with Crippen LogP contribution < -0.4 is 10.1 Å². The number of rotatable bonds is 2. The van der Waals surface area contributed by atoms with Gasteiger partial charge in [-0.1, -0.05) is 18.2 Å². The van der Waals surface area contributed by atoms with Crippen LogP contribution >= 0.6 is 0 Å². The zero-order valence-corrected chi connectivity index (χ0v) is 11.2. The molecule has 2 aromatic rings. The topological polar surface area (TPSA) is 58.6 Å². The largest absolute Gasteiger partial charge is 0.491 e. The normalized spacial score (nSPS) is 15.4. The number of aliphatic hydroxyl groups is 1. The van der Waals surface area contributed by atoms with E-state index >= 15 is 0 Å². The quantitative estimate of drug-likeness (QED) is 0.888. The molecule has 5 heteroatoms. The van der Waals surface area contributed by atoms with E-state index < -0.39 is 11.9 Å². The summed E-state index contributed by atoms with van der Waals surface area (Å²) in [6.45, 7) is 0.847. The van der Waals surface area contributed by atoms with E-state index in [2.05, 4.69) is 5.32 Å². The molecule has 0 bridgehead atoms. The lowest BCUT2D eigenvalue weighted by Gasteiger charge is -2.14. The van der Waals surface area contributed by atoms with Crippen LogP contribution in [0.1, 0.15) is 27.6 Å². The minimum absolute atomic E-state index is 0.240. The Kier molecular flexibility index (Phi) is 3.58. The molecule has 1 aliphatic heterocycles. The van der Waals surface area contributed by atoms with Crippen LogP contribution in [0, 0.1) is 5.82 Å². The van der Waals surface area contributed by atoms with Gasteiger partial charge < -0.3 is 15.2 Å². The van der Waals surface area contributed by atoms with Gasteiger partial charge in [0.25, 0.3) is 5.91 Å². The minimum Gasteiger partial charge on any atom is -0.491 e. The third-order valence-corrected chi connectivity index (χ3v) is 3.37. The van der Waals surface area contributed by atoms with Crippen molar-refractivity contribution in [1.82, 2.24) is 5.32 Å². The van der Waals surface area contributed by atoms with Gasteiger partial charge in [0, 0.05) is 0 Å². The zero-order valence-electron chi connectivity index (χ0n) is 11.2. The van der Waals surface area contributed by atoms with E-state index in [0.29, 0.717) is 35.6 Å². The highest BCUT2D eigenvalue weighted by molar-refractivity contribution is 5.97. The molecule has 1 aliphatic rings. The molecule has 1 unspecified atom stereocenters.